The Hall–Kier alpha value is -1.32. The molecule has 0 aliphatic heterocycles. The molecule has 1 rings (SSSR count). The number of carboxylic acid groups (broad SMARTS) is 2. The average molecular weight is 238 g/mol. The Kier molecular flexibility index (Phi) is 4.73. The zero-order valence-electron chi connectivity index (χ0n) is 10.3. The highest BCUT2D eigenvalue weighted by molar-refractivity contribution is 5.97. The molecule has 0 atom stereocenters. The molecule has 0 amide bonds. The van der Waals surface area contributed by atoms with Crippen molar-refractivity contribution in [1.29, 1.82) is 0 Å². The molecular weight excluding hydrogens is 220 g/mol. The third-order valence-electron chi connectivity index (χ3n) is 3.32. The van der Waals surface area contributed by atoms with E-state index in [9.17, 15) is 19.8 Å². The Balaban J connectivity index is 3.15. The highest BCUT2D eigenvalue weighted by atomic mass is 16.4. The van der Waals surface area contributed by atoms with Crippen molar-refractivity contribution in [1.82, 2.24) is 0 Å². The summed E-state index contributed by atoms with van der Waals surface area (Å²) < 4.78 is 0. The van der Waals surface area contributed by atoms with Crippen LogP contribution in [0.3, 0.4) is 0 Å². The van der Waals surface area contributed by atoms with Crippen molar-refractivity contribution < 1.29 is 19.8 Å². The number of carbonyl (C=O) groups excluding carboxylic acids is 2. The Morgan fingerprint density at radius 1 is 1.00 bits per heavy atom. The first-order valence-corrected chi connectivity index (χ1v) is 6.12. The van der Waals surface area contributed by atoms with Crippen LogP contribution < -0.4 is 10.2 Å². The largest absolute Gasteiger partial charge is 0.545 e. The molecule has 4 nitrogen and oxygen atoms in total. The summed E-state index contributed by atoms with van der Waals surface area (Å²) in [6, 6.07) is 0. The van der Waals surface area contributed by atoms with E-state index in [0.717, 1.165) is 32.1 Å². The van der Waals surface area contributed by atoms with Crippen molar-refractivity contribution in [2.24, 2.45) is 11.8 Å². The second kappa shape index (κ2) is 5.84. The highest BCUT2D eigenvalue weighted by Crippen LogP contribution is 2.32. The maximum absolute atomic E-state index is 11.2. The van der Waals surface area contributed by atoms with Crippen LogP contribution in [-0.4, -0.2) is 11.9 Å². The van der Waals surface area contributed by atoms with Crippen LogP contribution in [0.1, 0.15) is 46.0 Å². The van der Waals surface area contributed by atoms with Gasteiger partial charge in [0.1, 0.15) is 0 Å². The Morgan fingerprint density at radius 2 is 1.53 bits per heavy atom. The molecule has 0 radical (unpaired) electrons. The van der Waals surface area contributed by atoms with E-state index in [1.165, 1.54) is 0 Å². The van der Waals surface area contributed by atoms with Gasteiger partial charge in [-0.2, -0.15) is 0 Å². The molecule has 0 aromatic heterocycles. The van der Waals surface area contributed by atoms with Gasteiger partial charge in [-0.05, 0) is 35.8 Å². The highest BCUT2D eigenvalue weighted by Gasteiger charge is 2.23. The third-order valence-corrected chi connectivity index (χ3v) is 3.32. The molecule has 0 N–H and O–H groups in total. The lowest BCUT2D eigenvalue weighted by atomic mass is 9.80. The maximum Gasteiger partial charge on any atom is 0.0681 e. The van der Waals surface area contributed by atoms with Gasteiger partial charge in [-0.25, -0.2) is 0 Å². The van der Waals surface area contributed by atoms with E-state index in [4.69, 9.17) is 0 Å². The molecule has 4 heteroatoms. The van der Waals surface area contributed by atoms with Crippen LogP contribution in [0.5, 0.6) is 0 Å². The minimum atomic E-state index is -1.38. The fourth-order valence-electron chi connectivity index (χ4n) is 2.54. The van der Waals surface area contributed by atoms with Gasteiger partial charge in [0, 0.05) is 0 Å². The van der Waals surface area contributed by atoms with Crippen molar-refractivity contribution in [2.75, 3.05) is 0 Å². The van der Waals surface area contributed by atoms with Crippen LogP contribution in [0.25, 0.3) is 0 Å². The molecule has 1 saturated carbocycles. The van der Waals surface area contributed by atoms with Crippen LogP contribution in [0.2, 0.25) is 0 Å². The Morgan fingerprint density at radius 3 is 1.88 bits per heavy atom. The van der Waals surface area contributed by atoms with Gasteiger partial charge < -0.3 is 19.8 Å². The van der Waals surface area contributed by atoms with Gasteiger partial charge in [-0.1, -0.05) is 33.1 Å². The fraction of sp³-hybridized carbons (Fsp3) is 0.692. The Labute approximate surface area is 101 Å². The van der Waals surface area contributed by atoms with E-state index in [1.54, 1.807) is 13.8 Å². The summed E-state index contributed by atoms with van der Waals surface area (Å²) in [6.45, 7) is 3.33. The summed E-state index contributed by atoms with van der Waals surface area (Å²) in [4.78, 5) is 22.3. The second-order valence-corrected chi connectivity index (χ2v) is 4.89. The predicted molar refractivity (Wildman–Crippen MR) is 58.5 cm³/mol. The molecule has 0 aromatic rings. The molecule has 0 saturated heterocycles. The summed E-state index contributed by atoms with van der Waals surface area (Å²) in [5, 5.41) is 22.3. The second-order valence-electron chi connectivity index (χ2n) is 4.89. The number of carboxylic acids is 2. The van der Waals surface area contributed by atoms with Crippen LogP contribution >= 0.6 is 0 Å². The molecule has 0 unspecified atom stereocenters. The van der Waals surface area contributed by atoms with Crippen molar-refractivity contribution in [2.45, 2.75) is 46.0 Å². The third kappa shape index (κ3) is 3.32. The molecule has 0 spiro atoms. The van der Waals surface area contributed by atoms with E-state index < -0.39 is 11.9 Å². The zero-order chi connectivity index (χ0) is 13.0. The molecule has 1 fully saturated rings. The van der Waals surface area contributed by atoms with Crippen LogP contribution in [-0.2, 0) is 9.59 Å². The first kappa shape index (κ1) is 13.7. The summed E-state index contributed by atoms with van der Waals surface area (Å²) in [5.41, 5.74) is -0.142. The van der Waals surface area contributed by atoms with Crippen LogP contribution in [0.15, 0.2) is 11.1 Å². The van der Waals surface area contributed by atoms with Gasteiger partial charge in [0.2, 0.25) is 0 Å². The summed E-state index contributed by atoms with van der Waals surface area (Å²) in [5.74, 6) is -3.30. The van der Waals surface area contributed by atoms with Crippen molar-refractivity contribution in [3.8, 4) is 0 Å². The van der Waals surface area contributed by atoms with Gasteiger partial charge in [0.05, 0.1) is 11.9 Å². The van der Waals surface area contributed by atoms with Gasteiger partial charge in [0.25, 0.3) is 0 Å². The van der Waals surface area contributed by atoms with Crippen molar-refractivity contribution in [3.63, 3.8) is 0 Å². The minimum Gasteiger partial charge on any atom is -0.545 e. The first-order valence-electron chi connectivity index (χ1n) is 6.12. The monoisotopic (exact) mass is 238 g/mol. The minimum absolute atomic E-state index is 0.0419. The molecule has 0 aromatic carbocycles. The normalized spacial score (nSPS) is 19.0. The number of aliphatic carboxylic acids is 2. The van der Waals surface area contributed by atoms with Crippen molar-refractivity contribution >= 4 is 11.9 Å². The standard InChI is InChI=1S/C13H20O4/c1-8(2)10(12(14)15)11(13(16)17)9-6-4-3-5-7-9/h8-9H,3-7H2,1-2H3,(H,14,15)(H,16,17)/p-2/b11-10+. The lowest BCUT2D eigenvalue weighted by Gasteiger charge is -2.29. The van der Waals surface area contributed by atoms with E-state index >= 15 is 0 Å². The van der Waals surface area contributed by atoms with Crippen LogP contribution in [0.4, 0.5) is 0 Å². The zero-order valence-corrected chi connectivity index (χ0v) is 10.3. The predicted octanol–water partition coefficient (Wildman–Crippen LogP) is 0.0191. The molecule has 1 aliphatic rings. The van der Waals surface area contributed by atoms with Gasteiger partial charge >= 0.3 is 0 Å². The molecule has 96 valence electrons. The molecule has 0 bridgehead atoms. The van der Waals surface area contributed by atoms with Crippen LogP contribution in [0, 0.1) is 11.8 Å². The number of hydrogen-bond donors (Lipinski definition) is 0. The Bertz CT molecular complexity index is 335. The smallest absolute Gasteiger partial charge is 0.0681 e. The van der Waals surface area contributed by atoms with Gasteiger partial charge in [-0.15, -0.1) is 0 Å². The molecule has 17 heavy (non-hydrogen) atoms. The van der Waals surface area contributed by atoms with Gasteiger partial charge in [-0.3, -0.25) is 0 Å². The lowest BCUT2D eigenvalue weighted by Crippen LogP contribution is -2.36. The topological polar surface area (TPSA) is 80.3 Å². The average Bonchev–Trinajstić information content (AvgIpc) is 2.25. The first-order chi connectivity index (χ1) is 7.95. The van der Waals surface area contributed by atoms with Crippen molar-refractivity contribution in [3.05, 3.63) is 11.1 Å². The number of hydrogen-bond acceptors (Lipinski definition) is 4. The quantitative estimate of drug-likeness (QED) is 0.647. The van der Waals surface area contributed by atoms with E-state index in [-0.39, 0.29) is 23.0 Å². The van der Waals surface area contributed by atoms with E-state index in [1.807, 2.05) is 0 Å². The molecule has 1 aliphatic carbocycles. The number of carbonyl (C=O) groups is 2. The van der Waals surface area contributed by atoms with Gasteiger partial charge in [0.15, 0.2) is 0 Å². The lowest BCUT2D eigenvalue weighted by molar-refractivity contribution is -0.305. The molecule has 0 heterocycles. The fourth-order valence-corrected chi connectivity index (χ4v) is 2.54. The summed E-state index contributed by atoms with van der Waals surface area (Å²) in [7, 11) is 0. The van der Waals surface area contributed by atoms with E-state index in [0.29, 0.717) is 0 Å². The molecular formula is C13H18O4-2. The van der Waals surface area contributed by atoms with E-state index in [2.05, 4.69) is 0 Å². The SMILES string of the molecule is CC(C)/C(C(=O)[O-])=C(\C(=O)[O-])C1CCCCC1. The summed E-state index contributed by atoms with van der Waals surface area (Å²) >= 11 is 0. The summed E-state index contributed by atoms with van der Waals surface area (Å²) in [6.07, 6.45) is 4.43. The maximum atomic E-state index is 11.2. The number of rotatable bonds is 4.